The molecule has 0 amide bonds. The van der Waals surface area contributed by atoms with Gasteiger partial charge in [0.25, 0.3) is 0 Å². The average Bonchev–Trinajstić information content (AvgIpc) is 2.38. The SMILES string of the molecule is CC(C)(O)CN1CCN(S(=O)(=O)c2ccccc2)CC1. The molecule has 0 unspecified atom stereocenters. The van der Waals surface area contributed by atoms with Crippen molar-refractivity contribution >= 4 is 10.0 Å². The van der Waals surface area contributed by atoms with Gasteiger partial charge in [0.15, 0.2) is 0 Å². The van der Waals surface area contributed by atoms with Gasteiger partial charge in [0.1, 0.15) is 0 Å². The molecule has 1 aliphatic heterocycles. The number of benzene rings is 1. The van der Waals surface area contributed by atoms with Crippen LogP contribution in [0.3, 0.4) is 0 Å². The third kappa shape index (κ3) is 3.79. The summed E-state index contributed by atoms with van der Waals surface area (Å²) in [4.78, 5) is 2.44. The summed E-state index contributed by atoms with van der Waals surface area (Å²) in [5, 5.41) is 9.80. The van der Waals surface area contributed by atoms with Gasteiger partial charge in [-0.25, -0.2) is 8.42 Å². The van der Waals surface area contributed by atoms with Crippen molar-refractivity contribution in [1.29, 1.82) is 0 Å². The lowest BCUT2D eigenvalue weighted by Gasteiger charge is -2.36. The first-order valence-electron chi connectivity index (χ1n) is 6.79. The van der Waals surface area contributed by atoms with E-state index >= 15 is 0 Å². The maximum atomic E-state index is 12.4. The molecule has 0 atom stereocenters. The van der Waals surface area contributed by atoms with Crippen LogP contribution < -0.4 is 0 Å². The molecule has 1 N–H and O–H groups in total. The molecule has 1 aromatic carbocycles. The molecule has 1 aromatic rings. The zero-order chi connectivity index (χ0) is 14.8. The highest BCUT2D eigenvalue weighted by molar-refractivity contribution is 7.89. The number of sulfonamides is 1. The van der Waals surface area contributed by atoms with Crippen LogP contribution in [0.5, 0.6) is 0 Å². The highest BCUT2D eigenvalue weighted by atomic mass is 32.2. The predicted octanol–water partition coefficient (Wildman–Crippen LogP) is 0.764. The molecular weight excluding hydrogens is 276 g/mol. The van der Waals surface area contributed by atoms with Crippen molar-refractivity contribution in [3.05, 3.63) is 30.3 Å². The largest absolute Gasteiger partial charge is 0.389 e. The molecule has 1 aliphatic rings. The van der Waals surface area contributed by atoms with Crippen molar-refractivity contribution in [3.8, 4) is 0 Å². The molecule has 1 heterocycles. The Labute approximate surface area is 120 Å². The molecular formula is C14H22N2O3S. The molecule has 0 aliphatic carbocycles. The average molecular weight is 298 g/mol. The summed E-state index contributed by atoms with van der Waals surface area (Å²) < 4.78 is 26.4. The third-order valence-electron chi connectivity index (χ3n) is 3.32. The Balaban J connectivity index is 2.01. The van der Waals surface area contributed by atoms with Gasteiger partial charge in [-0.15, -0.1) is 0 Å². The Kier molecular flexibility index (Phi) is 4.49. The van der Waals surface area contributed by atoms with E-state index in [9.17, 15) is 13.5 Å². The van der Waals surface area contributed by atoms with E-state index in [0.29, 0.717) is 37.6 Å². The Morgan fingerprint density at radius 1 is 1.10 bits per heavy atom. The maximum absolute atomic E-state index is 12.4. The minimum Gasteiger partial charge on any atom is -0.389 e. The van der Waals surface area contributed by atoms with Crippen LogP contribution in [0.25, 0.3) is 0 Å². The monoisotopic (exact) mass is 298 g/mol. The Hall–Kier alpha value is -0.950. The lowest BCUT2D eigenvalue weighted by molar-refractivity contribution is 0.0263. The molecule has 1 fully saturated rings. The molecule has 1 saturated heterocycles. The highest BCUT2D eigenvalue weighted by Gasteiger charge is 2.29. The summed E-state index contributed by atoms with van der Waals surface area (Å²) in [5.74, 6) is 0. The fraction of sp³-hybridized carbons (Fsp3) is 0.571. The van der Waals surface area contributed by atoms with E-state index in [-0.39, 0.29) is 0 Å². The van der Waals surface area contributed by atoms with E-state index in [0.717, 1.165) is 0 Å². The molecule has 0 aromatic heterocycles. The number of hydrogen-bond donors (Lipinski definition) is 1. The summed E-state index contributed by atoms with van der Waals surface area (Å²) in [7, 11) is -3.38. The first kappa shape index (κ1) is 15.4. The minimum atomic E-state index is -3.38. The van der Waals surface area contributed by atoms with Crippen LogP contribution in [0.4, 0.5) is 0 Å². The number of nitrogens with zero attached hydrogens (tertiary/aromatic N) is 2. The molecule has 0 radical (unpaired) electrons. The van der Waals surface area contributed by atoms with E-state index in [2.05, 4.69) is 4.90 Å². The van der Waals surface area contributed by atoms with Gasteiger partial charge in [-0.3, -0.25) is 4.90 Å². The third-order valence-corrected chi connectivity index (χ3v) is 5.24. The van der Waals surface area contributed by atoms with Crippen LogP contribution in [-0.2, 0) is 10.0 Å². The van der Waals surface area contributed by atoms with Crippen LogP contribution in [0.2, 0.25) is 0 Å². The molecule has 6 heteroatoms. The normalized spacial score (nSPS) is 19.1. The fourth-order valence-corrected chi connectivity index (χ4v) is 3.86. The number of hydrogen-bond acceptors (Lipinski definition) is 4. The fourth-order valence-electron chi connectivity index (χ4n) is 2.42. The quantitative estimate of drug-likeness (QED) is 0.892. The number of aliphatic hydroxyl groups is 1. The van der Waals surface area contributed by atoms with Gasteiger partial charge in [-0.05, 0) is 26.0 Å². The summed E-state index contributed by atoms with van der Waals surface area (Å²) in [5.41, 5.74) is -0.750. The van der Waals surface area contributed by atoms with Gasteiger partial charge in [0.05, 0.1) is 10.5 Å². The van der Waals surface area contributed by atoms with Gasteiger partial charge < -0.3 is 5.11 Å². The maximum Gasteiger partial charge on any atom is 0.243 e. The van der Waals surface area contributed by atoms with Crippen molar-refractivity contribution in [2.24, 2.45) is 0 Å². The van der Waals surface area contributed by atoms with E-state index in [1.807, 2.05) is 0 Å². The zero-order valence-electron chi connectivity index (χ0n) is 12.0. The molecule has 112 valence electrons. The van der Waals surface area contributed by atoms with Crippen LogP contribution in [0.15, 0.2) is 35.2 Å². The molecule has 5 nitrogen and oxygen atoms in total. The van der Waals surface area contributed by atoms with Crippen molar-refractivity contribution < 1.29 is 13.5 Å². The summed E-state index contributed by atoms with van der Waals surface area (Å²) in [6.07, 6.45) is 0. The van der Waals surface area contributed by atoms with E-state index < -0.39 is 15.6 Å². The second-order valence-corrected chi connectivity index (χ2v) is 7.74. The van der Waals surface area contributed by atoms with Crippen molar-refractivity contribution in [2.45, 2.75) is 24.3 Å². The molecule has 2 rings (SSSR count). The van der Waals surface area contributed by atoms with Crippen molar-refractivity contribution in [1.82, 2.24) is 9.21 Å². The van der Waals surface area contributed by atoms with Crippen LogP contribution in [-0.4, -0.2) is 61.1 Å². The van der Waals surface area contributed by atoms with Gasteiger partial charge >= 0.3 is 0 Å². The van der Waals surface area contributed by atoms with Crippen molar-refractivity contribution in [3.63, 3.8) is 0 Å². The number of piperazine rings is 1. The summed E-state index contributed by atoms with van der Waals surface area (Å²) >= 11 is 0. The second kappa shape index (κ2) is 5.81. The molecule has 0 bridgehead atoms. The summed E-state index contributed by atoms with van der Waals surface area (Å²) in [6.45, 7) is 6.32. The summed E-state index contributed by atoms with van der Waals surface area (Å²) in [6, 6.07) is 8.52. The second-order valence-electron chi connectivity index (χ2n) is 5.81. The first-order chi connectivity index (χ1) is 9.29. The Morgan fingerprint density at radius 2 is 1.65 bits per heavy atom. The predicted molar refractivity (Wildman–Crippen MR) is 77.9 cm³/mol. The lowest BCUT2D eigenvalue weighted by atomic mass is 10.1. The number of β-amino-alcohol motifs (C(OH)–C–C–N with tert-alkyl or cyclic N) is 1. The molecule has 0 saturated carbocycles. The van der Waals surface area contributed by atoms with Gasteiger partial charge in [0.2, 0.25) is 10.0 Å². The van der Waals surface area contributed by atoms with Crippen molar-refractivity contribution in [2.75, 3.05) is 32.7 Å². The van der Waals surface area contributed by atoms with Gasteiger partial charge in [-0.2, -0.15) is 4.31 Å². The standard InChI is InChI=1S/C14H22N2O3S/c1-14(2,17)12-15-8-10-16(11-9-15)20(18,19)13-6-4-3-5-7-13/h3-7,17H,8-12H2,1-2H3. The van der Waals surface area contributed by atoms with Gasteiger partial charge in [-0.1, -0.05) is 18.2 Å². The number of rotatable bonds is 4. The smallest absolute Gasteiger partial charge is 0.243 e. The van der Waals surface area contributed by atoms with Crippen LogP contribution >= 0.6 is 0 Å². The minimum absolute atomic E-state index is 0.343. The Morgan fingerprint density at radius 3 is 2.15 bits per heavy atom. The lowest BCUT2D eigenvalue weighted by Crippen LogP contribution is -2.51. The van der Waals surface area contributed by atoms with Crippen LogP contribution in [0, 0.1) is 0 Å². The zero-order valence-corrected chi connectivity index (χ0v) is 12.8. The Bertz CT molecular complexity index is 529. The highest BCUT2D eigenvalue weighted by Crippen LogP contribution is 2.18. The topological polar surface area (TPSA) is 60.9 Å². The first-order valence-corrected chi connectivity index (χ1v) is 8.23. The van der Waals surface area contributed by atoms with E-state index in [1.165, 1.54) is 4.31 Å². The van der Waals surface area contributed by atoms with Crippen LogP contribution in [0.1, 0.15) is 13.8 Å². The van der Waals surface area contributed by atoms with E-state index in [1.54, 1.807) is 44.2 Å². The van der Waals surface area contributed by atoms with Gasteiger partial charge in [0, 0.05) is 32.7 Å². The molecule has 0 spiro atoms. The van der Waals surface area contributed by atoms with E-state index in [4.69, 9.17) is 0 Å². The molecule has 20 heavy (non-hydrogen) atoms.